The van der Waals surface area contributed by atoms with Crippen molar-refractivity contribution in [3.05, 3.63) is 52.1 Å². The lowest BCUT2D eigenvalue weighted by Crippen LogP contribution is -2.09. The average molecular weight is 298 g/mol. The second-order valence-corrected chi connectivity index (χ2v) is 6.18. The number of benzene rings is 1. The van der Waals surface area contributed by atoms with E-state index in [0.29, 0.717) is 0 Å². The number of aromatic nitrogens is 2. The van der Waals surface area contributed by atoms with Crippen molar-refractivity contribution < 1.29 is 0 Å². The van der Waals surface area contributed by atoms with Crippen LogP contribution in [0.5, 0.6) is 0 Å². The van der Waals surface area contributed by atoms with Gasteiger partial charge in [-0.15, -0.1) is 5.10 Å². The van der Waals surface area contributed by atoms with Gasteiger partial charge >= 0.3 is 0 Å². The number of fused-ring (bicyclic) bond motifs is 1. The van der Waals surface area contributed by atoms with Crippen LogP contribution >= 0.6 is 11.3 Å². The van der Waals surface area contributed by atoms with Crippen LogP contribution in [0, 0.1) is 13.8 Å². The number of thiazole rings is 1. The second-order valence-electron chi connectivity index (χ2n) is 5.17. The molecule has 3 rings (SSSR count). The van der Waals surface area contributed by atoms with E-state index in [1.165, 1.54) is 15.8 Å². The Labute approximate surface area is 127 Å². The number of nitrogens with zero attached hydrogens (tertiary/aromatic N) is 3. The third kappa shape index (κ3) is 2.45. The minimum atomic E-state index is 0.904. The molecule has 0 fully saturated rings. The zero-order chi connectivity index (χ0) is 15.0. The molecule has 0 bridgehead atoms. The largest absolute Gasteiger partial charge is 0.364 e. The Hall–Kier alpha value is -2.14. The van der Waals surface area contributed by atoms with Gasteiger partial charge in [-0.1, -0.05) is 23.5 Å². The molecule has 0 unspecified atom stereocenters. The molecule has 0 aliphatic heterocycles. The lowest BCUT2D eigenvalue weighted by Gasteiger charge is -1.99. The van der Waals surface area contributed by atoms with Gasteiger partial charge in [-0.25, -0.2) is 0 Å². The van der Waals surface area contributed by atoms with E-state index in [0.717, 1.165) is 21.8 Å². The summed E-state index contributed by atoms with van der Waals surface area (Å²) in [6.45, 7) is 6.14. The molecule has 2 heterocycles. The van der Waals surface area contributed by atoms with Crippen LogP contribution in [0.3, 0.4) is 0 Å². The number of para-hydroxylation sites is 1. The second kappa shape index (κ2) is 5.33. The lowest BCUT2D eigenvalue weighted by atomic mass is 10.1. The Morgan fingerprint density at radius 3 is 2.67 bits per heavy atom. The highest BCUT2D eigenvalue weighted by Gasteiger charge is 2.07. The Bertz CT molecular complexity index is 873. The molecule has 21 heavy (non-hydrogen) atoms. The van der Waals surface area contributed by atoms with Crippen molar-refractivity contribution in [2.24, 2.45) is 17.3 Å². The van der Waals surface area contributed by atoms with Gasteiger partial charge in [0, 0.05) is 24.5 Å². The molecule has 3 aromatic rings. The summed E-state index contributed by atoms with van der Waals surface area (Å²) in [6.07, 6.45) is 2.00. The first-order valence-electron chi connectivity index (χ1n) is 6.85. The van der Waals surface area contributed by atoms with Crippen molar-refractivity contribution in [1.82, 2.24) is 9.55 Å². The van der Waals surface area contributed by atoms with E-state index < -0.39 is 0 Å². The molecular formula is C16H18N4S. The van der Waals surface area contributed by atoms with Gasteiger partial charge in [0.15, 0.2) is 0 Å². The highest BCUT2D eigenvalue weighted by atomic mass is 32.1. The zero-order valence-electron chi connectivity index (χ0n) is 12.6. The molecule has 0 saturated carbocycles. The van der Waals surface area contributed by atoms with Crippen LogP contribution in [0.25, 0.3) is 10.2 Å². The number of hydrogen-bond acceptors (Lipinski definition) is 3. The normalized spacial score (nSPS) is 13.3. The van der Waals surface area contributed by atoms with E-state index in [9.17, 15) is 0 Å². The fourth-order valence-electron chi connectivity index (χ4n) is 2.56. The van der Waals surface area contributed by atoms with Gasteiger partial charge in [-0.05, 0) is 38.5 Å². The number of aryl methyl sites for hydroxylation is 3. The number of H-pyrrole nitrogens is 1. The maximum absolute atomic E-state index is 4.44. The fraction of sp³-hybridized carbons (Fsp3) is 0.250. The van der Waals surface area contributed by atoms with E-state index in [1.54, 1.807) is 11.3 Å². The van der Waals surface area contributed by atoms with Crippen LogP contribution in [-0.2, 0) is 7.05 Å². The SMILES string of the molecule is C/C(=N\N=c1\sc2ccccc2n1C)c1c(C)c[nH]c1C. The Balaban J connectivity index is 2.09. The van der Waals surface area contributed by atoms with Crippen molar-refractivity contribution in [2.45, 2.75) is 20.8 Å². The summed E-state index contributed by atoms with van der Waals surface area (Å²) < 4.78 is 3.30. The summed E-state index contributed by atoms with van der Waals surface area (Å²) >= 11 is 1.65. The molecule has 0 radical (unpaired) electrons. The smallest absolute Gasteiger partial charge is 0.211 e. The summed E-state index contributed by atoms with van der Waals surface area (Å²) in [5.41, 5.74) is 5.60. The topological polar surface area (TPSA) is 45.4 Å². The summed E-state index contributed by atoms with van der Waals surface area (Å²) in [4.78, 5) is 4.13. The van der Waals surface area contributed by atoms with Crippen LogP contribution < -0.4 is 4.80 Å². The number of rotatable bonds is 2. The van der Waals surface area contributed by atoms with E-state index in [1.807, 2.05) is 32.3 Å². The molecule has 0 saturated heterocycles. The summed E-state index contributed by atoms with van der Waals surface area (Å²) in [5, 5.41) is 8.86. The molecule has 2 aromatic heterocycles. The highest BCUT2D eigenvalue weighted by Crippen LogP contribution is 2.16. The van der Waals surface area contributed by atoms with Gasteiger partial charge in [0.1, 0.15) is 0 Å². The monoisotopic (exact) mass is 298 g/mol. The number of aromatic amines is 1. The Kier molecular flexibility index (Phi) is 3.51. The summed E-state index contributed by atoms with van der Waals surface area (Å²) in [5.74, 6) is 0. The Morgan fingerprint density at radius 1 is 1.24 bits per heavy atom. The van der Waals surface area contributed by atoms with Gasteiger partial charge in [-0.2, -0.15) is 5.10 Å². The van der Waals surface area contributed by atoms with Gasteiger partial charge in [0.2, 0.25) is 4.80 Å². The minimum absolute atomic E-state index is 0.904. The van der Waals surface area contributed by atoms with Crippen molar-refractivity contribution in [3.8, 4) is 0 Å². The predicted molar refractivity (Wildman–Crippen MR) is 88.8 cm³/mol. The molecule has 0 spiro atoms. The maximum atomic E-state index is 4.44. The third-order valence-corrected chi connectivity index (χ3v) is 4.74. The van der Waals surface area contributed by atoms with E-state index >= 15 is 0 Å². The van der Waals surface area contributed by atoms with Crippen LogP contribution in [-0.4, -0.2) is 15.3 Å². The molecule has 1 aromatic carbocycles. The van der Waals surface area contributed by atoms with Crippen LogP contribution in [0.1, 0.15) is 23.7 Å². The Morgan fingerprint density at radius 2 is 2.00 bits per heavy atom. The molecule has 5 heteroatoms. The van der Waals surface area contributed by atoms with Gasteiger partial charge in [0.25, 0.3) is 0 Å². The van der Waals surface area contributed by atoms with Crippen molar-refractivity contribution in [3.63, 3.8) is 0 Å². The molecule has 108 valence electrons. The van der Waals surface area contributed by atoms with Crippen LogP contribution in [0.15, 0.2) is 40.7 Å². The van der Waals surface area contributed by atoms with Crippen molar-refractivity contribution >= 4 is 27.3 Å². The maximum Gasteiger partial charge on any atom is 0.211 e. The van der Waals surface area contributed by atoms with Crippen molar-refractivity contribution in [1.29, 1.82) is 0 Å². The molecular weight excluding hydrogens is 280 g/mol. The van der Waals surface area contributed by atoms with Crippen LogP contribution in [0.2, 0.25) is 0 Å². The molecule has 0 aliphatic rings. The van der Waals surface area contributed by atoms with Crippen LogP contribution in [0.4, 0.5) is 0 Å². The average Bonchev–Trinajstić information content (AvgIpc) is 2.97. The summed E-state index contributed by atoms with van der Waals surface area (Å²) in [6, 6.07) is 8.29. The highest BCUT2D eigenvalue weighted by molar-refractivity contribution is 7.16. The fourth-order valence-corrected chi connectivity index (χ4v) is 3.53. The predicted octanol–water partition coefficient (Wildman–Crippen LogP) is 3.51. The first-order valence-corrected chi connectivity index (χ1v) is 7.67. The van der Waals surface area contributed by atoms with E-state index in [2.05, 4.69) is 45.7 Å². The minimum Gasteiger partial charge on any atom is -0.364 e. The van der Waals surface area contributed by atoms with Gasteiger partial charge in [-0.3, -0.25) is 0 Å². The van der Waals surface area contributed by atoms with Crippen molar-refractivity contribution in [2.75, 3.05) is 0 Å². The lowest BCUT2D eigenvalue weighted by molar-refractivity contribution is 0.888. The van der Waals surface area contributed by atoms with Gasteiger partial charge < -0.3 is 9.55 Å². The molecule has 0 atom stereocenters. The zero-order valence-corrected chi connectivity index (χ0v) is 13.5. The number of hydrogen-bond donors (Lipinski definition) is 1. The molecule has 0 amide bonds. The first-order chi connectivity index (χ1) is 10.1. The standard InChI is InChI=1S/C16H18N4S/c1-10-9-17-11(2)15(10)12(3)18-19-16-20(4)13-7-5-6-8-14(13)21-16/h5-9,17H,1-4H3/b18-12+,19-16+. The van der Waals surface area contributed by atoms with Gasteiger partial charge in [0.05, 0.1) is 15.9 Å². The third-order valence-electron chi connectivity index (χ3n) is 3.64. The van der Waals surface area contributed by atoms with E-state index in [4.69, 9.17) is 0 Å². The molecule has 1 N–H and O–H groups in total. The summed E-state index contributed by atoms with van der Waals surface area (Å²) in [7, 11) is 2.02. The number of nitrogens with one attached hydrogen (secondary N) is 1. The first kappa shape index (κ1) is 13.8. The van der Waals surface area contributed by atoms with E-state index in [-0.39, 0.29) is 0 Å². The molecule has 0 aliphatic carbocycles. The molecule has 4 nitrogen and oxygen atoms in total. The quantitative estimate of drug-likeness (QED) is 0.556.